The molecule has 4 atom stereocenters. The van der Waals surface area contributed by atoms with Gasteiger partial charge in [0.25, 0.3) is 0 Å². The summed E-state index contributed by atoms with van der Waals surface area (Å²) in [5.74, 6) is -0.308. The van der Waals surface area contributed by atoms with E-state index in [9.17, 15) is 9.18 Å². The highest BCUT2D eigenvalue weighted by molar-refractivity contribution is 5.97. The third kappa shape index (κ3) is 4.51. The van der Waals surface area contributed by atoms with Crippen LogP contribution >= 0.6 is 0 Å². The molecule has 2 bridgehead atoms. The number of benzene rings is 1. The quantitative estimate of drug-likeness (QED) is 0.366. The average molecular weight is 562 g/mol. The normalized spacial score (nSPS) is 24.4. The maximum atomic E-state index is 16.5. The number of H-pyrrole nitrogens is 1. The smallest absolute Gasteiger partial charge is 0.319 e. The van der Waals surface area contributed by atoms with Gasteiger partial charge < -0.3 is 19.9 Å². The van der Waals surface area contributed by atoms with E-state index in [0.29, 0.717) is 47.2 Å². The molecule has 2 N–H and O–H groups in total. The van der Waals surface area contributed by atoms with Crippen molar-refractivity contribution >= 4 is 27.5 Å². The van der Waals surface area contributed by atoms with E-state index in [1.807, 2.05) is 0 Å². The third-order valence-electron chi connectivity index (χ3n) is 8.86. The van der Waals surface area contributed by atoms with Crippen LogP contribution in [0, 0.1) is 17.6 Å². The molecule has 6 heterocycles. The van der Waals surface area contributed by atoms with Crippen molar-refractivity contribution in [3.8, 4) is 17.4 Å². The van der Waals surface area contributed by atoms with E-state index in [2.05, 4.69) is 50.8 Å². The summed E-state index contributed by atoms with van der Waals surface area (Å²) in [6, 6.07) is 7.05. The fourth-order valence-electron chi connectivity index (χ4n) is 6.73. The van der Waals surface area contributed by atoms with Gasteiger partial charge in [-0.3, -0.25) is 14.7 Å². The van der Waals surface area contributed by atoms with Gasteiger partial charge in [-0.15, -0.1) is 0 Å². The van der Waals surface area contributed by atoms with Crippen molar-refractivity contribution in [1.29, 1.82) is 0 Å². The first-order valence-corrected chi connectivity index (χ1v) is 14.3. The van der Waals surface area contributed by atoms with Crippen LogP contribution in [0.15, 0.2) is 35.3 Å². The molecule has 7 rings (SSSR count). The molecule has 3 fully saturated rings. The Balaban J connectivity index is 1.35. The number of pyridine rings is 2. The second kappa shape index (κ2) is 9.99. The zero-order valence-corrected chi connectivity index (χ0v) is 23.3. The van der Waals surface area contributed by atoms with Crippen molar-refractivity contribution in [3.05, 3.63) is 52.5 Å². The van der Waals surface area contributed by atoms with Crippen LogP contribution in [0.5, 0.6) is 6.01 Å². The molecule has 9 nitrogen and oxygen atoms in total. The molecule has 11 heteroatoms. The summed E-state index contributed by atoms with van der Waals surface area (Å²) < 4.78 is 37.6. The van der Waals surface area contributed by atoms with Gasteiger partial charge in [-0.25, -0.2) is 8.78 Å². The van der Waals surface area contributed by atoms with E-state index in [0.717, 1.165) is 32.5 Å². The molecule has 0 saturated carbocycles. The van der Waals surface area contributed by atoms with Crippen molar-refractivity contribution < 1.29 is 13.5 Å². The van der Waals surface area contributed by atoms with Crippen LogP contribution in [0.4, 0.5) is 14.6 Å². The molecule has 3 aliphatic rings. The van der Waals surface area contributed by atoms with Gasteiger partial charge in [0.15, 0.2) is 5.82 Å². The number of ether oxygens (including phenoxy) is 1. The Morgan fingerprint density at radius 2 is 1.90 bits per heavy atom. The van der Waals surface area contributed by atoms with Gasteiger partial charge in [-0.05, 0) is 44.1 Å². The molecule has 3 saturated heterocycles. The van der Waals surface area contributed by atoms with Gasteiger partial charge >= 0.3 is 6.01 Å². The SMILES string of the molecule is CC(C)N1C[C@@H](C)[C@H]1COc1nc(N2CC3CCC(C2)N3)c2cnc(-c3[nH]c(=O)cc4cccc(F)c34)c(F)c2n1. The topological polar surface area (TPSA) is 99.3 Å². The number of nitrogens with zero attached hydrogens (tertiary/aromatic N) is 5. The molecular weight excluding hydrogens is 528 g/mol. The van der Waals surface area contributed by atoms with E-state index >= 15 is 4.39 Å². The molecule has 3 aromatic heterocycles. The number of hydrogen-bond acceptors (Lipinski definition) is 8. The highest BCUT2D eigenvalue weighted by atomic mass is 19.1. The molecule has 41 heavy (non-hydrogen) atoms. The van der Waals surface area contributed by atoms with Gasteiger partial charge in [0.2, 0.25) is 5.56 Å². The number of aromatic nitrogens is 4. The Labute approximate surface area is 235 Å². The van der Waals surface area contributed by atoms with Crippen molar-refractivity contribution in [1.82, 2.24) is 30.2 Å². The molecule has 0 radical (unpaired) electrons. The predicted molar refractivity (Wildman–Crippen MR) is 153 cm³/mol. The summed E-state index contributed by atoms with van der Waals surface area (Å²) in [7, 11) is 0. The number of anilines is 1. The maximum absolute atomic E-state index is 16.5. The fraction of sp³-hybridized carbons (Fsp3) is 0.467. The Morgan fingerprint density at radius 3 is 2.63 bits per heavy atom. The first-order chi connectivity index (χ1) is 19.8. The van der Waals surface area contributed by atoms with E-state index in [1.54, 1.807) is 6.07 Å². The van der Waals surface area contributed by atoms with Gasteiger partial charge in [-0.2, -0.15) is 9.97 Å². The van der Waals surface area contributed by atoms with E-state index < -0.39 is 17.2 Å². The summed E-state index contributed by atoms with van der Waals surface area (Å²) >= 11 is 0. The molecule has 1 aromatic carbocycles. The molecule has 0 spiro atoms. The Hall–Kier alpha value is -3.70. The zero-order valence-electron chi connectivity index (χ0n) is 23.3. The average Bonchev–Trinajstić information content (AvgIpc) is 3.28. The largest absolute Gasteiger partial charge is 0.462 e. The number of piperazine rings is 1. The minimum Gasteiger partial charge on any atom is -0.462 e. The lowest BCUT2D eigenvalue weighted by atomic mass is 9.89. The summed E-state index contributed by atoms with van der Waals surface area (Å²) in [4.78, 5) is 33.3. The van der Waals surface area contributed by atoms with Crippen LogP contribution in [-0.4, -0.2) is 75.2 Å². The lowest BCUT2D eigenvalue weighted by Crippen LogP contribution is -2.60. The highest BCUT2D eigenvalue weighted by Crippen LogP contribution is 2.36. The van der Waals surface area contributed by atoms with Crippen molar-refractivity contribution in [2.75, 3.05) is 31.1 Å². The molecule has 4 aromatic rings. The summed E-state index contributed by atoms with van der Waals surface area (Å²) in [6.45, 7) is 9.36. The molecule has 0 amide bonds. The van der Waals surface area contributed by atoms with E-state index in [4.69, 9.17) is 9.72 Å². The number of aromatic amines is 1. The van der Waals surface area contributed by atoms with Crippen molar-refractivity contribution in [2.24, 2.45) is 5.92 Å². The fourth-order valence-corrected chi connectivity index (χ4v) is 6.73. The van der Waals surface area contributed by atoms with Crippen molar-refractivity contribution in [2.45, 2.75) is 57.8 Å². The summed E-state index contributed by atoms with van der Waals surface area (Å²) in [6.07, 6.45) is 3.67. The molecule has 3 aliphatic heterocycles. The molecule has 0 aliphatic carbocycles. The monoisotopic (exact) mass is 561 g/mol. The third-order valence-corrected chi connectivity index (χ3v) is 8.86. The number of nitrogens with one attached hydrogen (secondary N) is 2. The first kappa shape index (κ1) is 26.2. The van der Waals surface area contributed by atoms with Crippen LogP contribution in [0.25, 0.3) is 33.1 Å². The first-order valence-electron chi connectivity index (χ1n) is 14.3. The van der Waals surface area contributed by atoms with Gasteiger partial charge in [0, 0.05) is 61.5 Å². The number of fused-ring (bicyclic) bond motifs is 4. The number of halogens is 2. The molecule has 214 valence electrons. The van der Waals surface area contributed by atoms with Crippen molar-refractivity contribution in [3.63, 3.8) is 0 Å². The lowest BCUT2D eigenvalue weighted by molar-refractivity contribution is -0.0289. The second-order valence-electron chi connectivity index (χ2n) is 11.9. The predicted octanol–water partition coefficient (Wildman–Crippen LogP) is 3.86. The van der Waals surface area contributed by atoms with Crippen LogP contribution < -0.4 is 20.5 Å². The number of rotatable bonds is 6. The maximum Gasteiger partial charge on any atom is 0.319 e. The van der Waals surface area contributed by atoms with Crippen LogP contribution in [0.3, 0.4) is 0 Å². The van der Waals surface area contributed by atoms with Crippen LogP contribution in [-0.2, 0) is 0 Å². The Bertz CT molecular complexity index is 1700. The summed E-state index contributed by atoms with van der Waals surface area (Å²) in [5, 5.41) is 4.52. The van der Waals surface area contributed by atoms with Gasteiger partial charge in [-0.1, -0.05) is 19.1 Å². The minimum atomic E-state index is -0.763. The van der Waals surface area contributed by atoms with Gasteiger partial charge in [0.1, 0.15) is 29.5 Å². The van der Waals surface area contributed by atoms with Crippen LogP contribution in [0.2, 0.25) is 0 Å². The van der Waals surface area contributed by atoms with E-state index in [1.165, 1.54) is 24.4 Å². The minimum absolute atomic E-state index is 0.0243. The summed E-state index contributed by atoms with van der Waals surface area (Å²) in [5.41, 5.74) is -0.659. The second-order valence-corrected chi connectivity index (χ2v) is 11.9. The molecular formula is C30H33F2N7O2. The van der Waals surface area contributed by atoms with Crippen LogP contribution in [0.1, 0.15) is 33.6 Å². The molecule has 2 unspecified atom stereocenters. The lowest BCUT2D eigenvalue weighted by Gasteiger charge is -2.48. The zero-order chi connectivity index (χ0) is 28.4. The Kier molecular flexibility index (Phi) is 6.39. The standard InChI is InChI=1S/C30H33F2N7O2/c1-15(2)39-11-16(3)22(39)14-41-30-36-26-20(29(37-30)38-12-18-7-8-19(13-38)34-18)10-33-28(25(26)32)27-24-17(9-23(40)35-27)5-4-6-21(24)31/h4-6,9-10,15-16,18-19,22,34H,7-8,11-14H2,1-3H3,(H,35,40)/t16-,18?,19?,22-/m1/s1. The number of likely N-dealkylation sites (tertiary alicyclic amines) is 1. The van der Waals surface area contributed by atoms with Gasteiger partial charge in [0.05, 0.1) is 11.1 Å². The number of hydrogen-bond donors (Lipinski definition) is 2. The Morgan fingerprint density at radius 1 is 1.12 bits per heavy atom. The van der Waals surface area contributed by atoms with E-state index in [-0.39, 0.29) is 34.3 Å². The highest BCUT2D eigenvalue weighted by Gasteiger charge is 2.38.